The summed E-state index contributed by atoms with van der Waals surface area (Å²) in [6, 6.07) is 14.1. The van der Waals surface area contributed by atoms with Crippen LogP contribution in [0.1, 0.15) is 11.3 Å². The second-order valence-corrected chi connectivity index (χ2v) is 8.55. The summed E-state index contributed by atoms with van der Waals surface area (Å²) < 4.78 is 5.83. The van der Waals surface area contributed by atoms with Crippen molar-refractivity contribution < 1.29 is 9.21 Å². The van der Waals surface area contributed by atoms with E-state index in [1.54, 1.807) is 42.5 Å². The van der Waals surface area contributed by atoms with Crippen molar-refractivity contribution in [3.63, 3.8) is 0 Å². The molecular formula is C21H13Cl3N2O2S. The number of carbonyl (C=O) groups excluding carboxylic acids is 1. The first kappa shape index (κ1) is 20.1. The highest BCUT2D eigenvalue weighted by molar-refractivity contribution is 8.18. The normalized spacial score (nSPS) is 16.6. The van der Waals surface area contributed by atoms with Crippen LogP contribution in [0.3, 0.4) is 0 Å². The van der Waals surface area contributed by atoms with Crippen molar-refractivity contribution in [2.75, 3.05) is 0 Å². The molecule has 29 heavy (non-hydrogen) atoms. The van der Waals surface area contributed by atoms with E-state index < -0.39 is 0 Å². The lowest BCUT2D eigenvalue weighted by Crippen LogP contribution is -2.19. The lowest BCUT2D eigenvalue weighted by Gasteiger charge is -2.01. The smallest absolute Gasteiger partial charge is 0.264 e. The molecule has 2 aromatic carbocycles. The maximum Gasteiger partial charge on any atom is 0.264 e. The topological polar surface area (TPSA) is 54.6 Å². The zero-order valence-electron chi connectivity index (χ0n) is 15.0. The number of aliphatic imine (C=N–C) groups is 1. The number of furan rings is 1. The minimum atomic E-state index is -0.237. The Morgan fingerprint density at radius 1 is 1.03 bits per heavy atom. The van der Waals surface area contributed by atoms with Gasteiger partial charge in [-0.1, -0.05) is 34.8 Å². The molecule has 1 amide bonds. The van der Waals surface area contributed by atoms with E-state index in [0.29, 0.717) is 42.2 Å². The quantitative estimate of drug-likeness (QED) is 0.421. The van der Waals surface area contributed by atoms with Crippen molar-refractivity contribution in [3.8, 4) is 11.3 Å². The fraction of sp³-hybridized carbons (Fsp3) is 0.0476. The van der Waals surface area contributed by atoms with E-state index in [0.717, 1.165) is 11.3 Å². The fourth-order valence-corrected chi connectivity index (χ4v) is 4.15. The average molecular weight is 464 g/mol. The first-order valence-electron chi connectivity index (χ1n) is 8.50. The number of carbonyl (C=O) groups is 1. The highest BCUT2D eigenvalue weighted by Gasteiger charge is 2.24. The number of amides is 1. The number of nitrogens with zero attached hydrogens (tertiary/aromatic N) is 1. The molecule has 1 aliphatic heterocycles. The molecular weight excluding hydrogens is 451 g/mol. The minimum absolute atomic E-state index is 0.237. The maximum atomic E-state index is 12.3. The first-order chi connectivity index (χ1) is 13.9. The van der Waals surface area contributed by atoms with Gasteiger partial charge in [0.2, 0.25) is 0 Å². The summed E-state index contributed by atoms with van der Waals surface area (Å²) in [5.74, 6) is 0.857. The first-order valence-corrected chi connectivity index (χ1v) is 10.4. The van der Waals surface area contributed by atoms with E-state index in [2.05, 4.69) is 10.3 Å². The van der Waals surface area contributed by atoms with Gasteiger partial charge in [0.25, 0.3) is 5.91 Å². The van der Waals surface area contributed by atoms with Crippen LogP contribution in [-0.2, 0) is 4.79 Å². The zero-order chi connectivity index (χ0) is 20.5. The molecule has 2 heterocycles. The van der Waals surface area contributed by atoms with Crippen molar-refractivity contribution in [1.29, 1.82) is 0 Å². The van der Waals surface area contributed by atoms with Crippen LogP contribution < -0.4 is 5.32 Å². The molecule has 1 aromatic heterocycles. The Morgan fingerprint density at radius 2 is 1.79 bits per heavy atom. The van der Waals surface area contributed by atoms with Gasteiger partial charge >= 0.3 is 0 Å². The second kappa shape index (κ2) is 8.28. The van der Waals surface area contributed by atoms with Crippen LogP contribution in [0.25, 0.3) is 17.4 Å². The van der Waals surface area contributed by atoms with Crippen molar-refractivity contribution in [2.45, 2.75) is 6.92 Å². The van der Waals surface area contributed by atoms with E-state index >= 15 is 0 Å². The molecule has 8 heteroatoms. The lowest BCUT2D eigenvalue weighted by molar-refractivity contribution is -0.115. The summed E-state index contributed by atoms with van der Waals surface area (Å²) >= 11 is 19.5. The van der Waals surface area contributed by atoms with Crippen LogP contribution in [0.5, 0.6) is 0 Å². The third kappa shape index (κ3) is 4.54. The SMILES string of the molecule is Cc1cc(Cl)ccc1N=C1NC(=O)/C(=C/c2ccc(-c3cc(Cl)ccc3Cl)o2)S1. The molecule has 1 saturated heterocycles. The maximum absolute atomic E-state index is 12.3. The number of amidine groups is 1. The summed E-state index contributed by atoms with van der Waals surface area (Å²) in [6.07, 6.45) is 1.67. The molecule has 0 radical (unpaired) electrons. The van der Waals surface area contributed by atoms with Crippen molar-refractivity contribution in [3.05, 3.63) is 79.8 Å². The summed E-state index contributed by atoms with van der Waals surface area (Å²) in [4.78, 5) is 17.3. The molecule has 1 N–H and O–H groups in total. The Bertz CT molecular complexity index is 1180. The molecule has 0 unspecified atom stereocenters. The number of halogens is 3. The van der Waals surface area contributed by atoms with Gasteiger partial charge in [-0.25, -0.2) is 4.99 Å². The van der Waals surface area contributed by atoms with Gasteiger partial charge in [0, 0.05) is 21.7 Å². The van der Waals surface area contributed by atoms with Crippen molar-refractivity contribution in [2.24, 2.45) is 4.99 Å². The minimum Gasteiger partial charge on any atom is -0.457 e. The van der Waals surface area contributed by atoms with Crippen LogP contribution in [0.2, 0.25) is 15.1 Å². The summed E-state index contributed by atoms with van der Waals surface area (Å²) in [6.45, 7) is 1.91. The summed E-state index contributed by atoms with van der Waals surface area (Å²) in [7, 11) is 0. The zero-order valence-corrected chi connectivity index (χ0v) is 18.1. The van der Waals surface area contributed by atoms with Gasteiger partial charge in [0.1, 0.15) is 11.5 Å². The number of aryl methyl sites for hydroxylation is 1. The molecule has 0 aliphatic carbocycles. The monoisotopic (exact) mass is 462 g/mol. The molecule has 4 nitrogen and oxygen atoms in total. The standard InChI is InChI=1S/C21H13Cl3N2O2S/c1-11-8-12(22)3-6-17(11)25-21-26-20(27)19(29-21)10-14-4-7-18(28-14)15-9-13(23)2-5-16(15)24/h2-10H,1H3,(H,25,26,27)/b19-10-. The number of thioether (sulfide) groups is 1. The number of benzene rings is 2. The molecule has 1 fully saturated rings. The van der Waals surface area contributed by atoms with E-state index in [9.17, 15) is 4.79 Å². The van der Waals surface area contributed by atoms with Gasteiger partial charge in [0.15, 0.2) is 5.17 Å². The second-order valence-electron chi connectivity index (χ2n) is 6.24. The van der Waals surface area contributed by atoms with Crippen LogP contribution in [0.4, 0.5) is 5.69 Å². The predicted molar refractivity (Wildman–Crippen MR) is 121 cm³/mol. The summed E-state index contributed by atoms with van der Waals surface area (Å²) in [5.41, 5.74) is 2.36. The van der Waals surface area contributed by atoms with Crippen molar-refractivity contribution >= 4 is 69.4 Å². The summed E-state index contributed by atoms with van der Waals surface area (Å²) in [5, 5.41) is 4.99. The highest BCUT2D eigenvalue weighted by atomic mass is 35.5. The van der Waals surface area contributed by atoms with E-state index in [4.69, 9.17) is 39.2 Å². The molecule has 3 aromatic rings. The lowest BCUT2D eigenvalue weighted by atomic mass is 10.2. The number of nitrogens with one attached hydrogen (secondary N) is 1. The highest BCUT2D eigenvalue weighted by Crippen LogP contribution is 2.34. The molecule has 0 atom stereocenters. The number of rotatable bonds is 3. The van der Waals surface area contributed by atoms with Gasteiger partial charge in [-0.2, -0.15) is 0 Å². The third-order valence-corrected chi connectivity index (χ3v) is 5.84. The fourth-order valence-electron chi connectivity index (χ4n) is 2.72. The number of hydrogen-bond donors (Lipinski definition) is 1. The van der Waals surface area contributed by atoms with E-state index in [1.165, 1.54) is 11.8 Å². The van der Waals surface area contributed by atoms with Crippen molar-refractivity contribution in [1.82, 2.24) is 5.32 Å². The molecule has 4 rings (SSSR count). The van der Waals surface area contributed by atoms with Crippen LogP contribution in [-0.4, -0.2) is 11.1 Å². The Morgan fingerprint density at radius 3 is 2.59 bits per heavy atom. The third-order valence-electron chi connectivity index (χ3n) is 4.13. The van der Waals surface area contributed by atoms with Gasteiger partial charge in [0.05, 0.1) is 15.6 Å². The van der Waals surface area contributed by atoms with Gasteiger partial charge in [-0.15, -0.1) is 0 Å². The molecule has 146 valence electrons. The van der Waals surface area contributed by atoms with Crippen LogP contribution in [0, 0.1) is 6.92 Å². The average Bonchev–Trinajstić information content (AvgIpc) is 3.27. The number of hydrogen-bond acceptors (Lipinski definition) is 4. The Balaban J connectivity index is 1.58. The molecule has 0 bridgehead atoms. The Kier molecular flexibility index (Phi) is 5.74. The van der Waals surface area contributed by atoms with Gasteiger partial charge in [-0.05, 0) is 72.8 Å². The molecule has 1 aliphatic rings. The van der Waals surface area contributed by atoms with E-state index in [1.807, 2.05) is 19.1 Å². The predicted octanol–water partition coefficient (Wildman–Crippen LogP) is 7.11. The molecule has 0 spiro atoms. The van der Waals surface area contributed by atoms with Gasteiger partial charge < -0.3 is 9.73 Å². The van der Waals surface area contributed by atoms with E-state index in [-0.39, 0.29) is 5.91 Å². The largest absolute Gasteiger partial charge is 0.457 e. The van der Waals surface area contributed by atoms with Crippen LogP contribution >= 0.6 is 46.6 Å². The van der Waals surface area contributed by atoms with Gasteiger partial charge in [-0.3, -0.25) is 4.79 Å². The Labute approximate surface area is 186 Å². The van der Waals surface area contributed by atoms with Crippen LogP contribution in [0.15, 0.2) is 62.8 Å². The Hall–Kier alpha value is -2.18. The molecule has 0 saturated carbocycles.